The largest absolute Gasteiger partial charge is 0.384 e. The molecular weight excluding hydrogens is 259 g/mol. The molecule has 0 aromatic heterocycles. The van der Waals surface area contributed by atoms with E-state index in [1.54, 1.807) is 0 Å². The van der Waals surface area contributed by atoms with E-state index in [9.17, 15) is 14.5 Å². The van der Waals surface area contributed by atoms with Crippen molar-refractivity contribution in [3.05, 3.63) is 34.1 Å². The number of nitrogens with one attached hydrogen (secondary N) is 1. The van der Waals surface area contributed by atoms with E-state index in [2.05, 4.69) is 12.2 Å². The van der Waals surface area contributed by atoms with Crippen molar-refractivity contribution < 1.29 is 9.31 Å². The van der Waals surface area contributed by atoms with E-state index in [1.807, 2.05) is 0 Å². The predicted molar refractivity (Wildman–Crippen MR) is 77.3 cm³/mol. The minimum absolute atomic E-state index is 0.206. The van der Waals surface area contributed by atoms with E-state index >= 15 is 0 Å². The van der Waals surface area contributed by atoms with Gasteiger partial charge < -0.3 is 5.32 Å². The van der Waals surface area contributed by atoms with E-state index in [0.717, 1.165) is 18.5 Å². The van der Waals surface area contributed by atoms with Crippen molar-refractivity contribution in [3.8, 4) is 0 Å². The lowest BCUT2D eigenvalue weighted by Gasteiger charge is -2.28. The summed E-state index contributed by atoms with van der Waals surface area (Å²) in [4.78, 5) is 10.1. The molecule has 4 nitrogen and oxygen atoms in total. The standard InChI is InChI=1S/C15H21FN2O2/c1-2-11-3-5-12(6-4-11)10-17-14-7-13(16)8-15(9-14)18(19)20/h7-9,11-12,17H,2-6,10H2,1H3. The summed E-state index contributed by atoms with van der Waals surface area (Å²) in [6, 6.07) is 3.64. The van der Waals surface area contributed by atoms with Crippen LogP contribution in [0, 0.1) is 27.8 Å². The number of hydrogen-bond donors (Lipinski definition) is 1. The number of anilines is 1. The highest BCUT2D eigenvalue weighted by molar-refractivity contribution is 5.51. The number of nitrogens with zero attached hydrogens (tertiary/aromatic N) is 1. The second-order valence-corrected chi connectivity index (χ2v) is 5.63. The van der Waals surface area contributed by atoms with Crippen molar-refractivity contribution in [1.29, 1.82) is 0 Å². The van der Waals surface area contributed by atoms with Gasteiger partial charge in [-0.2, -0.15) is 0 Å². The molecule has 0 bridgehead atoms. The van der Waals surface area contributed by atoms with Crippen molar-refractivity contribution in [3.63, 3.8) is 0 Å². The number of hydrogen-bond acceptors (Lipinski definition) is 3. The minimum atomic E-state index is -0.573. The van der Waals surface area contributed by atoms with Crippen LogP contribution in [-0.2, 0) is 0 Å². The maximum atomic E-state index is 13.3. The number of non-ortho nitro benzene ring substituents is 1. The minimum Gasteiger partial charge on any atom is -0.384 e. The monoisotopic (exact) mass is 280 g/mol. The highest BCUT2D eigenvalue weighted by Gasteiger charge is 2.20. The summed E-state index contributed by atoms with van der Waals surface area (Å²) in [6.45, 7) is 2.99. The second kappa shape index (κ2) is 6.68. The van der Waals surface area contributed by atoms with Gasteiger partial charge in [-0.25, -0.2) is 4.39 Å². The number of halogens is 1. The first-order chi connectivity index (χ1) is 9.58. The molecule has 1 N–H and O–H groups in total. The highest BCUT2D eigenvalue weighted by Crippen LogP contribution is 2.31. The fourth-order valence-electron chi connectivity index (χ4n) is 2.89. The molecule has 1 aliphatic carbocycles. The van der Waals surface area contributed by atoms with E-state index in [0.29, 0.717) is 11.6 Å². The van der Waals surface area contributed by atoms with Gasteiger partial charge in [0.15, 0.2) is 0 Å². The third-order valence-corrected chi connectivity index (χ3v) is 4.23. The molecule has 110 valence electrons. The molecule has 5 heteroatoms. The quantitative estimate of drug-likeness (QED) is 0.644. The van der Waals surface area contributed by atoms with E-state index in [1.165, 1.54) is 44.2 Å². The van der Waals surface area contributed by atoms with Gasteiger partial charge in [-0.05, 0) is 30.7 Å². The zero-order chi connectivity index (χ0) is 14.5. The van der Waals surface area contributed by atoms with Crippen LogP contribution < -0.4 is 5.32 Å². The van der Waals surface area contributed by atoms with Crippen molar-refractivity contribution in [2.45, 2.75) is 39.0 Å². The normalized spacial score (nSPS) is 22.5. The van der Waals surface area contributed by atoms with Crippen LogP contribution in [0.2, 0.25) is 0 Å². The van der Waals surface area contributed by atoms with Gasteiger partial charge in [-0.1, -0.05) is 26.2 Å². The summed E-state index contributed by atoms with van der Waals surface area (Å²) in [5.41, 5.74) is 0.288. The van der Waals surface area contributed by atoms with E-state index in [4.69, 9.17) is 0 Å². The fourth-order valence-corrected chi connectivity index (χ4v) is 2.89. The molecule has 2 rings (SSSR count). The third kappa shape index (κ3) is 3.92. The van der Waals surface area contributed by atoms with Crippen molar-refractivity contribution >= 4 is 11.4 Å². The van der Waals surface area contributed by atoms with Crippen LogP contribution in [0.4, 0.5) is 15.8 Å². The summed E-state index contributed by atoms with van der Waals surface area (Å²) in [5.74, 6) is 0.859. The molecule has 20 heavy (non-hydrogen) atoms. The summed E-state index contributed by atoms with van der Waals surface area (Å²) in [6.07, 6.45) is 6.13. The summed E-state index contributed by atoms with van der Waals surface area (Å²) >= 11 is 0. The smallest absolute Gasteiger partial charge is 0.274 e. The zero-order valence-electron chi connectivity index (χ0n) is 11.8. The molecule has 0 aliphatic heterocycles. The van der Waals surface area contributed by atoms with Gasteiger partial charge in [0.1, 0.15) is 5.82 Å². The molecule has 1 aromatic carbocycles. The molecule has 1 saturated carbocycles. The number of nitro benzene ring substituents is 1. The van der Waals surface area contributed by atoms with E-state index in [-0.39, 0.29) is 5.69 Å². The topological polar surface area (TPSA) is 55.2 Å². The van der Waals surface area contributed by atoms with Gasteiger partial charge in [-0.15, -0.1) is 0 Å². The molecular formula is C15H21FN2O2. The average molecular weight is 280 g/mol. The highest BCUT2D eigenvalue weighted by atomic mass is 19.1. The molecule has 1 fully saturated rings. The molecule has 1 aliphatic rings. The van der Waals surface area contributed by atoms with Gasteiger partial charge in [0.25, 0.3) is 5.69 Å². The lowest BCUT2D eigenvalue weighted by Crippen LogP contribution is -2.21. The summed E-state index contributed by atoms with van der Waals surface area (Å²) in [7, 11) is 0. The second-order valence-electron chi connectivity index (χ2n) is 5.63. The Morgan fingerprint density at radius 2 is 1.90 bits per heavy atom. The Balaban J connectivity index is 1.89. The molecule has 0 spiro atoms. The number of nitro groups is 1. The van der Waals surface area contributed by atoms with Gasteiger partial charge >= 0.3 is 0 Å². The first-order valence-electron chi connectivity index (χ1n) is 7.27. The molecule has 0 saturated heterocycles. The Morgan fingerprint density at radius 1 is 1.25 bits per heavy atom. The van der Waals surface area contributed by atoms with Gasteiger partial charge in [-0.3, -0.25) is 10.1 Å². The maximum Gasteiger partial charge on any atom is 0.274 e. The summed E-state index contributed by atoms with van der Waals surface area (Å²) < 4.78 is 13.3. The van der Waals surface area contributed by atoms with Crippen LogP contribution in [0.15, 0.2) is 18.2 Å². The Morgan fingerprint density at radius 3 is 2.50 bits per heavy atom. The maximum absolute atomic E-state index is 13.3. The van der Waals surface area contributed by atoms with E-state index < -0.39 is 10.7 Å². The zero-order valence-corrected chi connectivity index (χ0v) is 11.8. The molecule has 0 atom stereocenters. The molecule has 0 unspecified atom stereocenters. The van der Waals surface area contributed by atoms with Crippen LogP contribution in [0.5, 0.6) is 0 Å². The number of benzene rings is 1. The van der Waals surface area contributed by atoms with Crippen LogP contribution in [0.25, 0.3) is 0 Å². The molecule has 0 heterocycles. The van der Waals surface area contributed by atoms with Crippen LogP contribution in [0.3, 0.4) is 0 Å². The van der Waals surface area contributed by atoms with Crippen LogP contribution in [-0.4, -0.2) is 11.5 Å². The molecule has 0 radical (unpaired) electrons. The summed E-state index contributed by atoms with van der Waals surface area (Å²) in [5, 5.41) is 13.8. The van der Waals surface area contributed by atoms with Gasteiger partial charge in [0.2, 0.25) is 0 Å². The van der Waals surface area contributed by atoms with Crippen LogP contribution >= 0.6 is 0 Å². The Hall–Kier alpha value is -1.65. The first kappa shape index (κ1) is 14.8. The Labute approximate surface area is 118 Å². The average Bonchev–Trinajstić information content (AvgIpc) is 2.45. The lowest BCUT2D eigenvalue weighted by molar-refractivity contribution is -0.385. The van der Waals surface area contributed by atoms with Crippen molar-refractivity contribution in [2.24, 2.45) is 11.8 Å². The molecule has 0 amide bonds. The lowest BCUT2D eigenvalue weighted by atomic mass is 9.81. The van der Waals surface area contributed by atoms with Crippen molar-refractivity contribution in [2.75, 3.05) is 11.9 Å². The third-order valence-electron chi connectivity index (χ3n) is 4.23. The number of rotatable bonds is 5. The predicted octanol–water partition coefficient (Wildman–Crippen LogP) is 4.36. The molecule has 1 aromatic rings. The Bertz CT molecular complexity index is 471. The SMILES string of the molecule is CCC1CCC(CNc2cc(F)cc([N+](=O)[O-])c2)CC1. The van der Waals surface area contributed by atoms with Gasteiger partial charge in [0.05, 0.1) is 11.0 Å². The van der Waals surface area contributed by atoms with Crippen molar-refractivity contribution in [1.82, 2.24) is 0 Å². The Kier molecular flexibility index (Phi) is 4.93. The first-order valence-corrected chi connectivity index (χ1v) is 7.27. The fraction of sp³-hybridized carbons (Fsp3) is 0.600. The van der Waals surface area contributed by atoms with Gasteiger partial charge in [0, 0.05) is 18.3 Å². The van der Waals surface area contributed by atoms with Crippen LogP contribution in [0.1, 0.15) is 39.0 Å².